The molecule has 1 unspecified atom stereocenters. The largest absolute Gasteiger partial charge is 0.467 e. The van der Waals surface area contributed by atoms with Crippen molar-refractivity contribution in [1.82, 2.24) is 15.2 Å². The number of aromatic nitrogens is 3. The highest BCUT2D eigenvalue weighted by atomic mass is 16.5. The van der Waals surface area contributed by atoms with Crippen LogP contribution in [0.15, 0.2) is 6.33 Å². The molecule has 0 saturated heterocycles. The summed E-state index contributed by atoms with van der Waals surface area (Å²) in [6, 6.07) is 0. The van der Waals surface area contributed by atoms with Gasteiger partial charge in [-0.05, 0) is 12.8 Å². The third-order valence-corrected chi connectivity index (χ3v) is 2.62. The van der Waals surface area contributed by atoms with Crippen molar-refractivity contribution in [2.75, 3.05) is 7.11 Å². The van der Waals surface area contributed by atoms with Gasteiger partial charge in [0.1, 0.15) is 12.2 Å². The van der Waals surface area contributed by atoms with Crippen molar-refractivity contribution in [3.63, 3.8) is 0 Å². The fourth-order valence-electron chi connectivity index (χ4n) is 1.56. The van der Waals surface area contributed by atoms with Gasteiger partial charge < -0.3 is 9.84 Å². The van der Waals surface area contributed by atoms with Crippen LogP contribution in [0.1, 0.15) is 18.7 Å². The molecule has 0 spiro atoms. The van der Waals surface area contributed by atoms with Gasteiger partial charge in [0.15, 0.2) is 6.10 Å². The van der Waals surface area contributed by atoms with Crippen LogP contribution in [-0.4, -0.2) is 39.5 Å². The van der Waals surface area contributed by atoms with Gasteiger partial charge in [-0.2, -0.15) is 5.10 Å². The Morgan fingerprint density at radius 3 is 2.93 bits per heavy atom. The maximum Gasteiger partial charge on any atom is 0.335 e. The van der Waals surface area contributed by atoms with Crippen LogP contribution in [0.2, 0.25) is 0 Å². The summed E-state index contributed by atoms with van der Waals surface area (Å²) in [4.78, 5) is 15.1. The van der Waals surface area contributed by atoms with E-state index in [4.69, 9.17) is 0 Å². The Morgan fingerprint density at radius 1 is 1.79 bits per heavy atom. The highest BCUT2D eigenvalue weighted by Crippen LogP contribution is 2.49. The SMILES string of the molecule is COC(=O)C(O)C1(c2ncn[nH]2)CC1. The molecular weight excluding hydrogens is 186 g/mol. The minimum absolute atomic E-state index is 0.551. The Balaban J connectivity index is 2.21. The van der Waals surface area contributed by atoms with Crippen molar-refractivity contribution in [2.45, 2.75) is 24.4 Å². The zero-order chi connectivity index (χ0) is 10.2. The number of esters is 1. The van der Waals surface area contributed by atoms with Crippen LogP contribution in [-0.2, 0) is 14.9 Å². The van der Waals surface area contributed by atoms with Gasteiger partial charge in [-0.3, -0.25) is 5.10 Å². The van der Waals surface area contributed by atoms with Crippen LogP contribution in [0.3, 0.4) is 0 Å². The van der Waals surface area contributed by atoms with Gasteiger partial charge in [0.2, 0.25) is 0 Å². The van der Waals surface area contributed by atoms with Crippen molar-refractivity contribution in [3.8, 4) is 0 Å². The zero-order valence-electron chi connectivity index (χ0n) is 7.73. The van der Waals surface area contributed by atoms with E-state index >= 15 is 0 Å². The van der Waals surface area contributed by atoms with E-state index in [1.165, 1.54) is 13.4 Å². The van der Waals surface area contributed by atoms with E-state index in [-0.39, 0.29) is 0 Å². The average Bonchev–Trinajstić information content (AvgIpc) is 2.84. The van der Waals surface area contributed by atoms with Gasteiger partial charge >= 0.3 is 5.97 Å². The number of carbonyl (C=O) groups is 1. The average molecular weight is 197 g/mol. The predicted molar refractivity (Wildman–Crippen MR) is 45.3 cm³/mol. The lowest BCUT2D eigenvalue weighted by Gasteiger charge is -2.16. The van der Waals surface area contributed by atoms with Crippen LogP contribution in [0.5, 0.6) is 0 Å². The number of hydrogen-bond donors (Lipinski definition) is 2. The first-order valence-electron chi connectivity index (χ1n) is 4.32. The molecule has 6 nitrogen and oxygen atoms in total. The molecule has 0 amide bonds. The molecule has 1 fully saturated rings. The molecule has 1 saturated carbocycles. The maximum atomic E-state index is 11.2. The Kier molecular flexibility index (Phi) is 1.99. The second-order valence-corrected chi connectivity index (χ2v) is 3.42. The standard InChI is InChI=1S/C8H11N3O3/c1-14-6(13)5(12)8(2-3-8)7-9-4-10-11-7/h4-5,12H,2-3H2,1H3,(H,9,10,11). The lowest BCUT2D eigenvalue weighted by atomic mass is 9.98. The molecule has 2 rings (SSSR count). The molecule has 0 bridgehead atoms. The first-order chi connectivity index (χ1) is 6.70. The fourth-order valence-corrected chi connectivity index (χ4v) is 1.56. The van der Waals surface area contributed by atoms with Gasteiger partial charge in [-0.1, -0.05) is 0 Å². The number of ether oxygens (including phenoxy) is 1. The minimum Gasteiger partial charge on any atom is -0.467 e. The normalized spacial score (nSPS) is 20.1. The van der Waals surface area contributed by atoms with E-state index in [0.29, 0.717) is 5.82 Å². The van der Waals surface area contributed by atoms with Crippen LogP contribution in [0.25, 0.3) is 0 Å². The highest BCUT2D eigenvalue weighted by molar-refractivity contribution is 5.77. The first kappa shape index (κ1) is 9.14. The number of aliphatic hydroxyl groups excluding tert-OH is 1. The first-order valence-corrected chi connectivity index (χ1v) is 4.32. The Labute approximate surface area is 80.3 Å². The Morgan fingerprint density at radius 2 is 2.50 bits per heavy atom. The molecule has 14 heavy (non-hydrogen) atoms. The number of nitrogens with zero attached hydrogens (tertiary/aromatic N) is 2. The molecule has 2 N–H and O–H groups in total. The smallest absolute Gasteiger partial charge is 0.335 e. The van der Waals surface area contributed by atoms with Crippen molar-refractivity contribution in [3.05, 3.63) is 12.2 Å². The number of H-pyrrole nitrogens is 1. The molecule has 0 aliphatic heterocycles. The van der Waals surface area contributed by atoms with Crippen molar-refractivity contribution in [2.24, 2.45) is 0 Å². The number of carbonyl (C=O) groups excluding carboxylic acids is 1. The van der Waals surface area contributed by atoms with E-state index in [1.807, 2.05) is 0 Å². The summed E-state index contributed by atoms with van der Waals surface area (Å²) in [5.41, 5.74) is -0.594. The topological polar surface area (TPSA) is 88.1 Å². The maximum absolute atomic E-state index is 11.2. The molecule has 1 aromatic heterocycles. The van der Waals surface area contributed by atoms with Gasteiger partial charge in [0, 0.05) is 0 Å². The molecule has 1 aliphatic carbocycles. The molecule has 0 aromatic carbocycles. The lowest BCUT2D eigenvalue weighted by Crippen LogP contribution is -2.35. The molecule has 1 atom stereocenters. The summed E-state index contributed by atoms with van der Waals surface area (Å²) in [5, 5.41) is 16.1. The Bertz CT molecular complexity index is 332. The van der Waals surface area contributed by atoms with Crippen molar-refractivity contribution in [1.29, 1.82) is 0 Å². The second-order valence-electron chi connectivity index (χ2n) is 3.42. The summed E-state index contributed by atoms with van der Waals surface area (Å²) < 4.78 is 4.49. The molecule has 1 heterocycles. The van der Waals surface area contributed by atoms with E-state index in [2.05, 4.69) is 19.9 Å². The van der Waals surface area contributed by atoms with Gasteiger partial charge in [0.25, 0.3) is 0 Å². The lowest BCUT2D eigenvalue weighted by molar-refractivity contribution is -0.152. The number of aromatic amines is 1. The second kappa shape index (κ2) is 3.06. The van der Waals surface area contributed by atoms with Crippen LogP contribution >= 0.6 is 0 Å². The van der Waals surface area contributed by atoms with Crippen LogP contribution < -0.4 is 0 Å². The van der Waals surface area contributed by atoms with E-state index < -0.39 is 17.5 Å². The number of nitrogens with one attached hydrogen (secondary N) is 1. The van der Waals surface area contributed by atoms with Crippen molar-refractivity contribution < 1.29 is 14.6 Å². The molecule has 76 valence electrons. The van der Waals surface area contributed by atoms with Gasteiger partial charge in [-0.15, -0.1) is 0 Å². The summed E-state index contributed by atoms with van der Waals surface area (Å²) in [5.74, 6) is -0.0747. The number of aliphatic hydroxyl groups is 1. The Hall–Kier alpha value is -1.43. The molecule has 1 aromatic rings. The zero-order valence-corrected chi connectivity index (χ0v) is 7.73. The van der Waals surface area contributed by atoms with E-state index in [0.717, 1.165) is 12.8 Å². The summed E-state index contributed by atoms with van der Waals surface area (Å²) >= 11 is 0. The van der Waals surface area contributed by atoms with Gasteiger partial charge in [0.05, 0.1) is 12.5 Å². The number of methoxy groups -OCH3 is 1. The van der Waals surface area contributed by atoms with Crippen LogP contribution in [0, 0.1) is 0 Å². The molecular formula is C8H11N3O3. The van der Waals surface area contributed by atoms with Gasteiger partial charge in [-0.25, -0.2) is 9.78 Å². The van der Waals surface area contributed by atoms with Crippen LogP contribution in [0.4, 0.5) is 0 Å². The predicted octanol–water partition coefficient (Wildman–Crippen LogP) is -0.630. The monoisotopic (exact) mass is 197 g/mol. The van der Waals surface area contributed by atoms with E-state index in [9.17, 15) is 9.90 Å². The van der Waals surface area contributed by atoms with Crippen molar-refractivity contribution >= 4 is 5.97 Å². The third-order valence-electron chi connectivity index (χ3n) is 2.62. The number of hydrogen-bond acceptors (Lipinski definition) is 5. The molecule has 6 heteroatoms. The third kappa shape index (κ3) is 1.19. The molecule has 0 radical (unpaired) electrons. The minimum atomic E-state index is -1.15. The fraction of sp³-hybridized carbons (Fsp3) is 0.625. The summed E-state index contributed by atoms with van der Waals surface area (Å²) in [6.45, 7) is 0. The summed E-state index contributed by atoms with van der Waals surface area (Å²) in [6.07, 6.45) is 1.65. The highest BCUT2D eigenvalue weighted by Gasteiger charge is 2.56. The molecule has 1 aliphatic rings. The summed E-state index contributed by atoms with van der Waals surface area (Å²) in [7, 11) is 1.25. The quantitative estimate of drug-likeness (QED) is 0.630. The number of rotatable bonds is 3. The van der Waals surface area contributed by atoms with E-state index in [1.54, 1.807) is 0 Å².